The fourth-order valence-corrected chi connectivity index (χ4v) is 1.63. The van der Waals surface area contributed by atoms with Crippen molar-refractivity contribution in [2.24, 2.45) is 0 Å². The van der Waals surface area contributed by atoms with E-state index in [2.05, 4.69) is 9.72 Å². The van der Waals surface area contributed by atoms with E-state index in [1.165, 1.54) is 17.7 Å². The number of nitrogens with two attached hydrogens (primary N) is 1. The third kappa shape index (κ3) is 2.47. The zero-order valence-corrected chi connectivity index (χ0v) is 9.86. The Morgan fingerprint density at radius 1 is 1.53 bits per heavy atom. The van der Waals surface area contributed by atoms with Gasteiger partial charge < -0.3 is 10.5 Å². The van der Waals surface area contributed by atoms with Crippen LogP contribution in [0.3, 0.4) is 0 Å². The van der Waals surface area contributed by atoms with Gasteiger partial charge in [0, 0.05) is 6.20 Å². The Kier molecular flexibility index (Phi) is 3.09. The first-order chi connectivity index (χ1) is 8.82. The van der Waals surface area contributed by atoms with Crippen molar-refractivity contribution in [2.75, 3.05) is 12.8 Å². The molecule has 2 rings (SSSR count). The number of fused-ring (bicyclic) bond motifs is 1. The second-order valence-corrected chi connectivity index (χ2v) is 3.84. The molecule has 0 atom stereocenters. The monoisotopic (exact) mass is 273 g/mol. The van der Waals surface area contributed by atoms with Crippen LogP contribution >= 0.6 is 0 Å². The molecular weight excluding hydrogens is 263 g/mol. The predicted molar refractivity (Wildman–Crippen MR) is 60.3 cm³/mol. The van der Waals surface area contributed by atoms with Gasteiger partial charge in [-0.05, 0) is 12.1 Å². The second-order valence-electron chi connectivity index (χ2n) is 3.84. The quantitative estimate of drug-likeness (QED) is 0.845. The van der Waals surface area contributed by atoms with Crippen LogP contribution < -0.4 is 5.73 Å². The lowest BCUT2D eigenvalue weighted by Crippen LogP contribution is -2.07. The minimum Gasteiger partial charge on any atom is -0.469 e. The van der Waals surface area contributed by atoms with E-state index in [0.29, 0.717) is 0 Å². The van der Waals surface area contributed by atoms with E-state index in [1.54, 1.807) is 0 Å². The first-order valence-corrected chi connectivity index (χ1v) is 5.23. The summed E-state index contributed by atoms with van der Waals surface area (Å²) in [6.07, 6.45) is -3.47. The minimum atomic E-state index is -4.45. The number of hydrogen-bond donors (Lipinski definition) is 1. The van der Waals surface area contributed by atoms with Gasteiger partial charge in [-0.2, -0.15) is 13.2 Å². The molecule has 0 aliphatic rings. The highest BCUT2D eigenvalue weighted by Crippen LogP contribution is 2.30. The molecule has 102 valence electrons. The van der Waals surface area contributed by atoms with Gasteiger partial charge in [-0.25, -0.2) is 4.98 Å². The molecule has 2 N–H and O–H groups in total. The summed E-state index contributed by atoms with van der Waals surface area (Å²) in [6, 6.07) is 1.77. The van der Waals surface area contributed by atoms with E-state index < -0.39 is 17.7 Å². The summed E-state index contributed by atoms with van der Waals surface area (Å²) in [5, 5.41) is 0. The third-order valence-electron chi connectivity index (χ3n) is 2.61. The number of imidazole rings is 1. The Hall–Kier alpha value is -2.25. The number of esters is 1. The predicted octanol–water partition coefficient (Wildman–Crippen LogP) is 1.65. The summed E-state index contributed by atoms with van der Waals surface area (Å²) in [5.74, 6) is -0.444. The van der Waals surface area contributed by atoms with Crippen LogP contribution in [-0.4, -0.2) is 22.5 Å². The molecular formula is C11H10F3N3O2. The number of nitrogens with zero attached hydrogens (tertiary/aromatic N) is 2. The molecule has 8 heteroatoms. The van der Waals surface area contributed by atoms with Crippen molar-refractivity contribution in [1.82, 2.24) is 9.38 Å². The standard InChI is InChI=1S/C11H10F3N3O2/c1-19-9(18)5-7-10(15)17-3-2-6(11(12,13)14)4-8(17)16-7/h2-4H,5,15H2,1H3. The van der Waals surface area contributed by atoms with Gasteiger partial charge in [-0.1, -0.05) is 0 Å². The molecule has 0 aliphatic carbocycles. The Morgan fingerprint density at radius 3 is 2.79 bits per heavy atom. The van der Waals surface area contributed by atoms with Gasteiger partial charge in [0.25, 0.3) is 0 Å². The highest BCUT2D eigenvalue weighted by atomic mass is 19.4. The van der Waals surface area contributed by atoms with E-state index in [1.807, 2.05) is 0 Å². The second kappa shape index (κ2) is 4.45. The molecule has 0 unspecified atom stereocenters. The van der Waals surface area contributed by atoms with Crippen molar-refractivity contribution in [2.45, 2.75) is 12.6 Å². The first kappa shape index (κ1) is 13.2. The molecule has 19 heavy (non-hydrogen) atoms. The average Bonchev–Trinajstić information content (AvgIpc) is 2.64. The number of pyridine rings is 1. The number of ether oxygens (including phenoxy) is 1. The van der Waals surface area contributed by atoms with Gasteiger partial charge in [0.15, 0.2) is 0 Å². The van der Waals surface area contributed by atoms with Crippen LogP contribution in [0.25, 0.3) is 5.65 Å². The number of carbonyl (C=O) groups is 1. The van der Waals surface area contributed by atoms with Crippen molar-refractivity contribution in [3.63, 3.8) is 0 Å². The molecule has 5 nitrogen and oxygen atoms in total. The minimum absolute atomic E-state index is 0.0335. The van der Waals surface area contributed by atoms with E-state index in [-0.39, 0.29) is 23.6 Å². The lowest BCUT2D eigenvalue weighted by Gasteiger charge is -2.06. The van der Waals surface area contributed by atoms with Crippen LogP contribution in [0.2, 0.25) is 0 Å². The summed E-state index contributed by atoms with van der Waals surface area (Å²) in [6.45, 7) is 0. The highest BCUT2D eigenvalue weighted by Gasteiger charge is 2.31. The van der Waals surface area contributed by atoms with Crippen molar-refractivity contribution in [1.29, 1.82) is 0 Å². The Labute approximate surface area is 105 Å². The smallest absolute Gasteiger partial charge is 0.416 e. The summed E-state index contributed by atoms with van der Waals surface area (Å²) in [7, 11) is 1.20. The summed E-state index contributed by atoms with van der Waals surface area (Å²) >= 11 is 0. The van der Waals surface area contributed by atoms with E-state index >= 15 is 0 Å². The molecule has 0 aliphatic heterocycles. The van der Waals surface area contributed by atoms with Crippen LogP contribution in [0.1, 0.15) is 11.3 Å². The molecule has 2 heterocycles. The van der Waals surface area contributed by atoms with Crippen molar-refractivity contribution in [3.05, 3.63) is 29.6 Å². The number of halogens is 3. The summed E-state index contributed by atoms with van der Waals surface area (Å²) in [4.78, 5) is 15.0. The topological polar surface area (TPSA) is 69.6 Å². The van der Waals surface area contributed by atoms with Crippen LogP contribution in [0.15, 0.2) is 18.3 Å². The molecule has 0 saturated carbocycles. The number of carbonyl (C=O) groups excluding carboxylic acids is 1. The maximum atomic E-state index is 12.5. The van der Waals surface area contributed by atoms with Crippen LogP contribution in [0, 0.1) is 0 Å². The van der Waals surface area contributed by atoms with Gasteiger partial charge in [-0.3, -0.25) is 9.20 Å². The van der Waals surface area contributed by atoms with E-state index in [4.69, 9.17) is 5.73 Å². The molecule has 0 spiro atoms. The highest BCUT2D eigenvalue weighted by molar-refractivity contribution is 5.74. The molecule has 2 aromatic heterocycles. The first-order valence-electron chi connectivity index (χ1n) is 5.23. The molecule has 0 bridgehead atoms. The van der Waals surface area contributed by atoms with Gasteiger partial charge in [-0.15, -0.1) is 0 Å². The van der Waals surface area contributed by atoms with Crippen LogP contribution in [-0.2, 0) is 22.1 Å². The molecule has 0 amide bonds. The zero-order chi connectivity index (χ0) is 14.2. The summed E-state index contributed by atoms with van der Waals surface area (Å²) < 4.78 is 43.4. The Balaban J connectivity index is 2.48. The third-order valence-corrected chi connectivity index (χ3v) is 2.61. The summed E-state index contributed by atoms with van der Waals surface area (Å²) in [5.41, 5.74) is 5.11. The van der Waals surface area contributed by atoms with E-state index in [0.717, 1.165) is 12.1 Å². The number of anilines is 1. The van der Waals surface area contributed by atoms with Crippen LogP contribution in [0.5, 0.6) is 0 Å². The van der Waals surface area contributed by atoms with Gasteiger partial charge in [0.1, 0.15) is 11.5 Å². The van der Waals surface area contributed by atoms with Gasteiger partial charge >= 0.3 is 12.1 Å². The maximum absolute atomic E-state index is 12.5. The van der Waals surface area contributed by atoms with Crippen LogP contribution in [0.4, 0.5) is 19.0 Å². The molecule has 0 saturated heterocycles. The zero-order valence-electron chi connectivity index (χ0n) is 9.86. The SMILES string of the molecule is COC(=O)Cc1nc2cc(C(F)(F)F)ccn2c1N. The molecule has 2 aromatic rings. The van der Waals surface area contributed by atoms with Crippen molar-refractivity contribution < 1.29 is 22.7 Å². The van der Waals surface area contributed by atoms with E-state index in [9.17, 15) is 18.0 Å². The number of methoxy groups -OCH3 is 1. The number of aromatic nitrogens is 2. The molecule has 0 aromatic carbocycles. The Morgan fingerprint density at radius 2 is 2.21 bits per heavy atom. The van der Waals surface area contributed by atoms with Gasteiger partial charge in [0.2, 0.25) is 0 Å². The van der Waals surface area contributed by atoms with Crippen molar-refractivity contribution in [3.8, 4) is 0 Å². The number of hydrogen-bond acceptors (Lipinski definition) is 4. The fraction of sp³-hybridized carbons (Fsp3) is 0.273. The lowest BCUT2D eigenvalue weighted by atomic mass is 10.2. The van der Waals surface area contributed by atoms with Gasteiger partial charge in [0.05, 0.1) is 24.8 Å². The number of rotatable bonds is 2. The average molecular weight is 273 g/mol. The van der Waals surface area contributed by atoms with Crippen molar-refractivity contribution >= 4 is 17.4 Å². The lowest BCUT2D eigenvalue weighted by molar-refractivity contribution is -0.140. The Bertz CT molecular complexity index is 634. The molecule has 0 radical (unpaired) electrons. The maximum Gasteiger partial charge on any atom is 0.416 e. The largest absolute Gasteiger partial charge is 0.469 e. The fourth-order valence-electron chi connectivity index (χ4n) is 1.63. The molecule has 0 fully saturated rings. The number of nitrogen functional groups attached to an aromatic ring is 1. The normalized spacial score (nSPS) is 11.8. The number of alkyl halides is 3.